The normalized spacial score (nSPS) is 13.3. The monoisotopic (exact) mass is 202 g/mol. The van der Waals surface area contributed by atoms with Gasteiger partial charge in [-0.25, -0.2) is 0 Å². The maximum Gasteiger partial charge on any atom is 0.136 e. The van der Waals surface area contributed by atoms with Gasteiger partial charge in [0.25, 0.3) is 0 Å². The molecule has 1 aromatic carbocycles. The Hall–Kier alpha value is -1.37. The first-order valence-corrected chi connectivity index (χ1v) is 5.18. The molecule has 0 fully saturated rings. The first-order valence-electron chi connectivity index (χ1n) is 5.18. The van der Waals surface area contributed by atoms with Gasteiger partial charge >= 0.3 is 0 Å². The highest BCUT2D eigenvalue weighted by Gasteiger charge is 2.32. The van der Waals surface area contributed by atoms with Gasteiger partial charge in [-0.1, -0.05) is 50.3 Å². The van der Waals surface area contributed by atoms with Crippen molar-refractivity contribution in [3.8, 4) is 0 Å². The van der Waals surface area contributed by atoms with Gasteiger partial charge in [0.05, 0.1) is 0 Å². The van der Waals surface area contributed by atoms with E-state index in [9.17, 15) is 4.79 Å². The van der Waals surface area contributed by atoms with Crippen LogP contribution in [-0.2, 0) is 4.79 Å². The van der Waals surface area contributed by atoms with Crippen molar-refractivity contribution in [3.63, 3.8) is 0 Å². The fourth-order valence-corrected chi connectivity index (χ4v) is 1.73. The van der Waals surface area contributed by atoms with Gasteiger partial charge in [-0.2, -0.15) is 0 Å². The van der Waals surface area contributed by atoms with Gasteiger partial charge in [0.2, 0.25) is 0 Å². The lowest BCUT2D eigenvalue weighted by Gasteiger charge is -2.30. The van der Waals surface area contributed by atoms with Gasteiger partial charge < -0.3 is 0 Å². The molecule has 0 N–H and O–H groups in total. The molecule has 1 unspecified atom stereocenters. The molecule has 1 heteroatoms. The molecule has 0 saturated heterocycles. The van der Waals surface area contributed by atoms with E-state index in [-0.39, 0.29) is 17.1 Å². The lowest BCUT2D eigenvalue weighted by atomic mass is 9.72. The molecule has 0 aliphatic carbocycles. The van der Waals surface area contributed by atoms with Crippen LogP contribution < -0.4 is 0 Å². The van der Waals surface area contributed by atoms with E-state index >= 15 is 0 Å². The van der Waals surface area contributed by atoms with E-state index in [0.717, 1.165) is 5.56 Å². The summed E-state index contributed by atoms with van der Waals surface area (Å²) in [6.07, 6.45) is 1.86. The second-order valence-electron chi connectivity index (χ2n) is 4.40. The zero-order valence-electron chi connectivity index (χ0n) is 9.66. The Bertz CT molecular complexity index is 349. The molecule has 0 radical (unpaired) electrons. The molecule has 0 aromatic heterocycles. The van der Waals surface area contributed by atoms with E-state index < -0.39 is 0 Å². The second kappa shape index (κ2) is 4.43. The lowest BCUT2D eigenvalue weighted by molar-refractivity contribution is -0.125. The highest BCUT2D eigenvalue weighted by Crippen LogP contribution is 2.36. The summed E-state index contributed by atoms with van der Waals surface area (Å²) in [5.41, 5.74) is 0.760. The van der Waals surface area contributed by atoms with Crippen molar-refractivity contribution in [1.29, 1.82) is 0 Å². The highest BCUT2D eigenvalue weighted by molar-refractivity contribution is 5.83. The molecule has 0 bridgehead atoms. The number of ketones is 1. The average Bonchev–Trinajstić information content (AvgIpc) is 2.19. The molecule has 15 heavy (non-hydrogen) atoms. The third-order valence-corrected chi connectivity index (χ3v) is 3.08. The van der Waals surface area contributed by atoms with Crippen molar-refractivity contribution in [1.82, 2.24) is 0 Å². The van der Waals surface area contributed by atoms with Gasteiger partial charge in [-0.15, -0.1) is 6.58 Å². The fraction of sp³-hybridized carbons (Fsp3) is 0.357. The van der Waals surface area contributed by atoms with E-state index in [1.165, 1.54) is 0 Å². The molecule has 80 valence electrons. The Morgan fingerprint density at radius 3 is 2.27 bits per heavy atom. The fourth-order valence-electron chi connectivity index (χ4n) is 1.73. The summed E-state index contributed by atoms with van der Waals surface area (Å²) in [4.78, 5) is 11.6. The van der Waals surface area contributed by atoms with Crippen molar-refractivity contribution in [3.05, 3.63) is 48.6 Å². The van der Waals surface area contributed by atoms with Crippen LogP contribution in [0, 0.1) is 5.41 Å². The summed E-state index contributed by atoms with van der Waals surface area (Å²) >= 11 is 0. The van der Waals surface area contributed by atoms with Crippen molar-refractivity contribution in [2.75, 3.05) is 0 Å². The molecule has 0 aliphatic rings. The molecule has 1 aromatic rings. The van der Waals surface area contributed by atoms with Crippen LogP contribution in [-0.4, -0.2) is 5.78 Å². The molecule has 1 atom stereocenters. The molecule has 0 aliphatic heterocycles. The molecular weight excluding hydrogens is 184 g/mol. The minimum Gasteiger partial charge on any atom is -0.299 e. The van der Waals surface area contributed by atoms with Crippen LogP contribution in [0.4, 0.5) is 0 Å². The highest BCUT2D eigenvalue weighted by atomic mass is 16.1. The molecule has 1 rings (SSSR count). The molecular formula is C14H18O. The van der Waals surface area contributed by atoms with Crippen molar-refractivity contribution >= 4 is 5.78 Å². The summed E-state index contributed by atoms with van der Waals surface area (Å²) in [5.74, 6) is 0.271. The predicted molar refractivity (Wildman–Crippen MR) is 63.8 cm³/mol. The standard InChI is InChI=1S/C14H18O/c1-5-13(14(3,4)11(2)15)12-9-7-6-8-10-12/h5-10,13H,1H2,2-4H3. The van der Waals surface area contributed by atoms with Crippen molar-refractivity contribution in [2.45, 2.75) is 26.7 Å². The average molecular weight is 202 g/mol. The Morgan fingerprint density at radius 2 is 1.87 bits per heavy atom. The van der Waals surface area contributed by atoms with Crippen molar-refractivity contribution in [2.24, 2.45) is 5.41 Å². The topological polar surface area (TPSA) is 17.1 Å². The van der Waals surface area contributed by atoms with Crippen LogP contribution in [0.5, 0.6) is 0 Å². The van der Waals surface area contributed by atoms with Gasteiger partial charge in [0, 0.05) is 11.3 Å². The minimum atomic E-state index is -0.386. The molecule has 0 saturated carbocycles. The van der Waals surface area contributed by atoms with E-state index in [2.05, 4.69) is 6.58 Å². The smallest absolute Gasteiger partial charge is 0.136 e. The summed E-state index contributed by atoms with van der Waals surface area (Å²) in [6, 6.07) is 10.0. The Balaban J connectivity index is 3.10. The third kappa shape index (κ3) is 2.35. The van der Waals surface area contributed by atoms with Crippen LogP contribution in [0.2, 0.25) is 0 Å². The summed E-state index contributed by atoms with van der Waals surface area (Å²) in [7, 11) is 0. The zero-order valence-corrected chi connectivity index (χ0v) is 9.66. The summed E-state index contributed by atoms with van der Waals surface area (Å²) < 4.78 is 0. The van der Waals surface area contributed by atoms with Crippen LogP contribution >= 0.6 is 0 Å². The predicted octanol–water partition coefficient (Wildman–Crippen LogP) is 3.57. The SMILES string of the molecule is C=CC(c1ccccc1)C(C)(C)C(C)=O. The van der Waals surface area contributed by atoms with Gasteiger partial charge in [0.1, 0.15) is 5.78 Å². The lowest BCUT2D eigenvalue weighted by Crippen LogP contribution is -2.28. The number of carbonyl (C=O) groups is 1. The minimum absolute atomic E-state index is 0.0798. The quantitative estimate of drug-likeness (QED) is 0.682. The van der Waals surface area contributed by atoms with Crippen LogP contribution in [0.25, 0.3) is 0 Å². The molecule has 0 spiro atoms. The van der Waals surface area contributed by atoms with Crippen LogP contribution in [0.3, 0.4) is 0 Å². The number of benzene rings is 1. The Morgan fingerprint density at radius 1 is 1.33 bits per heavy atom. The third-order valence-electron chi connectivity index (χ3n) is 3.08. The van der Waals surface area contributed by atoms with Gasteiger partial charge in [-0.05, 0) is 12.5 Å². The largest absolute Gasteiger partial charge is 0.299 e. The number of carbonyl (C=O) groups excluding carboxylic acids is 1. The van der Waals surface area contributed by atoms with Gasteiger partial charge in [-0.3, -0.25) is 4.79 Å². The molecule has 1 nitrogen and oxygen atoms in total. The summed E-state index contributed by atoms with van der Waals surface area (Å²) in [5, 5.41) is 0. The number of Topliss-reactive ketones (excluding diaryl/α,β-unsaturated/α-hetero) is 1. The molecule has 0 heterocycles. The van der Waals surface area contributed by atoms with E-state index in [4.69, 9.17) is 0 Å². The number of hydrogen-bond acceptors (Lipinski definition) is 1. The van der Waals surface area contributed by atoms with Gasteiger partial charge in [0.15, 0.2) is 0 Å². The van der Waals surface area contributed by atoms with Crippen molar-refractivity contribution < 1.29 is 4.79 Å². The molecule has 0 amide bonds. The Labute approximate surface area is 91.8 Å². The van der Waals surface area contributed by atoms with Crippen LogP contribution in [0.15, 0.2) is 43.0 Å². The zero-order chi connectivity index (χ0) is 11.5. The number of allylic oxidation sites excluding steroid dienone is 1. The van der Waals surface area contributed by atoms with E-state index in [1.54, 1.807) is 6.92 Å². The number of rotatable bonds is 4. The first kappa shape index (κ1) is 11.7. The van der Waals surface area contributed by atoms with Crippen LogP contribution in [0.1, 0.15) is 32.3 Å². The van der Waals surface area contributed by atoms with E-state index in [0.29, 0.717) is 0 Å². The van der Waals surface area contributed by atoms with E-state index in [1.807, 2.05) is 50.3 Å². The Kier molecular flexibility index (Phi) is 3.46. The maximum absolute atomic E-state index is 11.6. The number of hydrogen-bond donors (Lipinski definition) is 0. The maximum atomic E-state index is 11.6. The second-order valence-corrected chi connectivity index (χ2v) is 4.40. The summed E-state index contributed by atoms with van der Waals surface area (Å²) in [6.45, 7) is 9.41. The first-order chi connectivity index (χ1) is 7.00.